The van der Waals surface area contributed by atoms with Gasteiger partial charge in [-0.05, 0) is 43.5 Å². The van der Waals surface area contributed by atoms with Crippen molar-refractivity contribution in [1.29, 1.82) is 0 Å². The zero-order valence-corrected chi connectivity index (χ0v) is 22.1. The quantitative estimate of drug-likeness (QED) is 0.527. The fraction of sp³-hybridized carbons (Fsp3) is 0.393. The summed E-state index contributed by atoms with van der Waals surface area (Å²) in [6.07, 6.45) is 6.11. The summed E-state index contributed by atoms with van der Waals surface area (Å²) in [6.45, 7) is 0. The molecule has 5 rings (SSSR count). The minimum absolute atomic E-state index is 0.0357. The molecule has 2 aromatic carbocycles. The fourth-order valence-electron chi connectivity index (χ4n) is 4.97. The molecule has 0 unspecified atom stereocenters. The Labute approximate surface area is 226 Å². The van der Waals surface area contributed by atoms with Gasteiger partial charge in [-0.3, -0.25) is 19.4 Å². The number of hydrogen-bond acceptors (Lipinski definition) is 7. The van der Waals surface area contributed by atoms with Crippen LogP contribution in [-0.2, 0) is 14.4 Å². The maximum absolute atomic E-state index is 13.5. The molecule has 2 aromatic rings. The number of methoxy groups -OCH3 is 1. The van der Waals surface area contributed by atoms with E-state index in [9.17, 15) is 14.4 Å². The van der Waals surface area contributed by atoms with E-state index in [2.05, 4.69) is 15.6 Å². The normalized spacial score (nSPS) is 18.7. The third kappa shape index (κ3) is 5.75. The van der Waals surface area contributed by atoms with E-state index in [0.29, 0.717) is 34.5 Å². The maximum atomic E-state index is 13.5. The number of thioether (sulfide) groups is 1. The van der Waals surface area contributed by atoms with Crippen LogP contribution in [0.4, 0.5) is 11.4 Å². The number of benzene rings is 2. The minimum atomic E-state index is -0.665. The third-order valence-corrected chi connectivity index (χ3v) is 7.81. The SMILES string of the molecule is COc1ccccc1NC(=O)CSC1=Nc2ccccc2C2=N[C@H](CCC(=O)NC3CCCCC3)C(=O)N12. The largest absolute Gasteiger partial charge is 0.495 e. The van der Waals surface area contributed by atoms with Gasteiger partial charge in [-0.25, -0.2) is 9.89 Å². The number of hydrogen-bond donors (Lipinski definition) is 2. The van der Waals surface area contributed by atoms with Gasteiger partial charge in [-0.15, -0.1) is 0 Å². The number of anilines is 1. The Hall–Kier alpha value is -3.66. The fourth-order valence-corrected chi connectivity index (χ4v) is 5.77. The molecular formula is C28H31N5O4S. The van der Waals surface area contributed by atoms with E-state index in [4.69, 9.17) is 9.73 Å². The molecular weight excluding hydrogens is 502 g/mol. The lowest BCUT2D eigenvalue weighted by molar-refractivity contribution is -0.125. The third-order valence-electron chi connectivity index (χ3n) is 6.88. The first-order valence-electron chi connectivity index (χ1n) is 13.0. The van der Waals surface area contributed by atoms with Crippen LogP contribution in [0.1, 0.15) is 50.5 Å². The molecule has 10 heteroatoms. The molecule has 9 nitrogen and oxygen atoms in total. The van der Waals surface area contributed by atoms with Gasteiger partial charge in [-0.1, -0.05) is 55.3 Å². The van der Waals surface area contributed by atoms with E-state index in [1.165, 1.54) is 23.1 Å². The maximum Gasteiger partial charge on any atom is 0.259 e. The van der Waals surface area contributed by atoms with Crippen molar-refractivity contribution in [3.63, 3.8) is 0 Å². The summed E-state index contributed by atoms with van der Waals surface area (Å²) in [5.41, 5.74) is 2.03. The van der Waals surface area contributed by atoms with Gasteiger partial charge >= 0.3 is 0 Å². The van der Waals surface area contributed by atoms with Crippen LogP contribution in [0.3, 0.4) is 0 Å². The Balaban J connectivity index is 1.26. The average Bonchev–Trinajstić information content (AvgIpc) is 3.28. The summed E-state index contributed by atoms with van der Waals surface area (Å²) in [4.78, 5) is 49.6. The molecule has 3 amide bonds. The van der Waals surface area contributed by atoms with Crippen LogP contribution in [0, 0.1) is 0 Å². The monoisotopic (exact) mass is 533 g/mol. The van der Waals surface area contributed by atoms with Crippen molar-refractivity contribution in [3.8, 4) is 5.75 Å². The van der Waals surface area contributed by atoms with Gasteiger partial charge in [0.1, 0.15) is 17.6 Å². The average molecular weight is 534 g/mol. The number of amides is 3. The second kappa shape index (κ2) is 11.8. The van der Waals surface area contributed by atoms with E-state index >= 15 is 0 Å². The molecule has 2 heterocycles. The Kier molecular flexibility index (Phi) is 8.07. The summed E-state index contributed by atoms with van der Waals surface area (Å²) in [7, 11) is 1.55. The highest BCUT2D eigenvalue weighted by molar-refractivity contribution is 8.14. The second-order valence-electron chi connectivity index (χ2n) is 9.53. The zero-order chi connectivity index (χ0) is 26.5. The molecule has 0 saturated heterocycles. The number of fused-ring (bicyclic) bond motifs is 3. The van der Waals surface area contributed by atoms with Gasteiger partial charge in [0.15, 0.2) is 5.17 Å². The second-order valence-corrected chi connectivity index (χ2v) is 10.5. The highest BCUT2D eigenvalue weighted by atomic mass is 32.2. The zero-order valence-electron chi connectivity index (χ0n) is 21.3. The standard InChI is InChI=1S/C28H31N5O4S/c1-37-23-14-8-7-13-21(23)30-25(35)17-38-28-32-20-12-6-5-11-19(20)26-31-22(27(36)33(26)28)15-16-24(34)29-18-9-3-2-4-10-18/h5-8,11-14,18,22H,2-4,9-10,15-17H2,1H3,(H,29,34)(H,30,35)/t22-/m1/s1. The molecule has 1 aliphatic carbocycles. The van der Waals surface area contributed by atoms with Crippen molar-refractivity contribution in [2.24, 2.45) is 9.98 Å². The number of nitrogens with zero attached hydrogens (tertiary/aromatic N) is 3. The number of carbonyl (C=O) groups is 3. The van der Waals surface area contributed by atoms with E-state index in [1.54, 1.807) is 19.2 Å². The highest BCUT2D eigenvalue weighted by Gasteiger charge is 2.41. The van der Waals surface area contributed by atoms with Crippen LogP contribution in [0.25, 0.3) is 0 Å². The molecule has 198 valence electrons. The molecule has 38 heavy (non-hydrogen) atoms. The van der Waals surface area contributed by atoms with Gasteiger partial charge < -0.3 is 15.4 Å². The molecule has 0 spiro atoms. The van der Waals surface area contributed by atoms with Crippen molar-refractivity contribution in [2.75, 3.05) is 18.2 Å². The number of amidine groups is 2. The van der Waals surface area contributed by atoms with E-state index in [-0.39, 0.29) is 35.9 Å². The Morgan fingerprint density at radius 3 is 2.63 bits per heavy atom. The summed E-state index contributed by atoms with van der Waals surface area (Å²) in [6, 6.07) is 14.2. The summed E-state index contributed by atoms with van der Waals surface area (Å²) < 4.78 is 5.30. The van der Waals surface area contributed by atoms with Crippen molar-refractivity contribution in [3.05, 3.63) is 54.1 Å². The van der Waals surface area contributed by atoms with E-state index < -0.39 is 6.04 Å². The van der Waals surface area contributed by atoms with Crippen LogP contribution in [0.5, 0.6) is 5.75 Å². The topological polar surface area (TPSA) is 112 Å². The van der Waals surface area contributed by atoms with Gasteiger partial charge in [0.2, 0.25) is 11.8 Å². The van der Waals surface area contributed by atoms with E-state index in [0.717, 1.165) is 31.2 Å². The number of carbonyl (C=O) groups excluding carboxylic acids is 3. The number of ether oxygens (including phenoxy) is 1. The number of nitrogens with one attached hydrogen (secondary N) is 2. The molecule has 0 bridgehead atoms. The van der Waals surface area contributed by atoms with E-state index in [1.807, 2.05) is 36.4 Å². The lowest BCUT2D eigenvalue weighted by Gasteiger charge is -2.25. The lowest BCUT2D eigenvalue weighted by Crippen LogP contribution is -2.42. The minimum Gasteiger partial charge on any atom is -0.495 e. The molecule has 0 aromatic heterocycles. The smallest absolute Gasteiger partial charge is 0.259 e. The predicted octanol–water partition coefficient (Wildman–Crippen LogP) is 4.25. The van der Waals surface area contributed by atoms with Crippen LogP contribution in [0.2, 0.25) is 0 Å². The van der Waals surface area contributed by atoms with Crippen molar-refractivity contribution >= 4 is 51.9 Å². The van der Waals surface area contributed by atoms with Crippen LogP contribution in [0.15, 0.2) is 58.5 Å². The molecule has 1 fully saturated rings. The first-order chi connectivity index (χ1) is 18.5. The molecule has 2 N–H and O–H groups in total. The van der Waals surface area contributed by atoms with Crippen LogP contribution in [-0.4, -0.2) is 58.6 Å². The van der Waals surface area contributed by atoms with Gasteiger partial charge in [0, 0.05) is 18.0 Å². The first kappa shape index (κ1) is 26.0. The van der Waals surface area contributed by atoms with Crippen molar-refractivity contribution in [2.45, 2.75) is 57.0 Å². The number of para-hydroxylation sites is 3. The first-order valence-corrected chi connectivity index (χ1v) is 14.0. The molecule has 1 atom stereocenters. The van der Waals surface area contributed by atoms with Crippen molar-refractivity contribution < 1.29 is 19.1 Å². The Morgan fingerprint density at radius 1 is 1.05 bits per heavy atom. The number of aliphatic imine (C=N–C) groups is 2. The summed E-state index contributed by atoms with van der Waals surface area (Å²) in [5.74, 6) is 0.620. The molecule has 3 aliphatic rings. The highest BCUT2D eigenvalue weighted by Crippen LogP contribution is 2.34. The Morgan fingerprint density at radius 2 is 1.82 bits per heavy atom. The summed E-state index contributed by atoms with van der Waals surface area (Å²) >= 11 is 1.17. The molecule has 2 aliphatic heterocycles. The van der Waals surface area contributed by atoms with Gasteiger partial charge in [0.05, 0.1) is 24.2 Å². The predicted molar refractivity (Wildman–Crippen MR) is 149 cm³/mol. The lowest BCUT2D eigenvalue weighted by atomic mass is 9.95. The molecule has 0 radical (unpaired) electrons. The van der Waals surface area contributed by atoms with Crippen LogP contribution < -0.4 is 15.4 Å². The van der Waals surface area contributed by atoms with Crippen LogP contribution >= 0.6 is 11.8 Å². The van der Waals surface area contributed by atoms with Crippen molar-refractivity contribution in [1.82, 2.24) is 10.2 Å². The van der Waals surface area contributed by atoms with Gasteiger partial charge in [-0.2, -0.15) is 0 Å². The number of rotatable bonds is 8. The molecule has 1 saturated carbocycles. The van der Waals surface area contributed by atoms with Gasteiger partial charge in [0.25, 0.3) is 5.91 Å². The summed E-state index contributed by atoms with van der Waals surface area (Å²) in [5, 5.41) is 6.36. The Bertz CT molecular complexity index is 1290.